The number of methoxy groups -OCH3 is 2. The van der Waals surface area contributed by atoms with Gasteiger partial charge in [0.1, 0.15) is 11.5 Å². The molecule has 130 valence electrons. The molecule has 1 N–H and O–H groups in total. The van der Waals surface area contributed by atoms with Gasteiger partial charge in [-0.25, -0.2) is 0 Å². The van der Waals surface area contributed by atoms with Gasteiger partial charge in [0.15, 0.2) is 0 Å². The SMILES string of the molecule is COc1ccc(OC)c(CNS(=O)(=O)N2C[C@@H](C)O[C@@H](C)C2)c1. The molecule has 0 bridgehead atoms. The molecule has 1 aliphatic rings. The highest BCUT2D eigenvalue weighted by atomic mass is 32.2. The first-order chi connectivity index (χ1) is 10.9. The summed E-state index contributed by atoms with van der Waals surface area (Å²) < 4.78 is 45.0. The van der Waals surface area contributed by atoms with Crippen molar-refractivity contribution in [1.29, 1.82) is 0 Å². The summed E-state index contributed by atoms with van der Waals surface area (Å²) >= 11 is 0. The molecule has 1 heterocycles. The van der Waals surface area contributed by atoms with Gasteiger partial charge in [-0.1, -0.05) is 0 Å². The number of nitrogens with one attached hydrogen (secondary N) is 1. The number of nitrogens with zero attached hydrogens (tertiary/aromatic N) is 1. The van der Waals surface area contributed by atoms with Crippen LogP contribution in [-0.4, -0.2) is 52.2 Å². The number of hydrogen-bond acceptors (Lipinski definition) is 5. The molecule has 1 aromatic carbocycles. The van der Waals surface area contributed by atoms with Crippen LogP contribution < -0.4 is 14.2 Å². The second-order valence-corrected chi connectivity index (χ2v) is 7.33. The van der Waals surface area contributed by atoms with Crippen LogP contribution in [0, 0.1) is 0 Å². The number of benzene rings is 1. The fourth-order valence-electron chi connectivity index (χ4n) is 2.61. The van der Waals surface area contributed by atoms with Crippen LogP contribution in [0.4, 0.5) is 0 Å². The Morgan fingerprint density at radius 3 is 2.43 bits per heavy atom. The van der Waals surface area contributed by atoms with Crippen molar-refractivity contribution in [1.82, 2.24) is 9.03 Å². The molecule has 0 radical (unpaired) electrons. The summed E-state index contributed by atoms with van der Waals surface area (Å²) in [6, 6.07) is 5.27. The Kier molecular flexibility index (Phi) is 5.85. The van der Waals surface area contributed by atoms with Crippen LogP contribution in [0.15, 0.2) is 18.2 Å². The maximum atomic E-state index is 12.5. The van der Waals surface area contributed by atoms with Gasteiger partial charge in [-0.2, -0.15) is 17.4 Å². The van der Waals surface area contributed by atoms with E-state index in [0.29, 0.717) is 30.2 Å². The minimum Gasteiger partial charge on any atom is -0.497 e. The molecule has 0 unspecified atom stereocenters. The third-order valence-corrected chi connectivity index (χ3v) is 5.15. The predicted molar refractivity (Wildman–Crippen MR) is 86.9 cm³/mol. The van der Waals surface area contributed by atoms with Crippen LogP contribution >= 0.6 is 0 Å². The van der Waals surface area contributed by atoms with E-state index in [1.165, 1.54) is 4.31 Å². The third-order valence-electron chi connectivity index (χ3n) is 3.66. The lowest BCUT2D eigenvalue weighted by Gasteiger charge is -2.34. The van der Waals surface area contributed by atoms with Crippen LogP contribution in [-0.2, 0) is 21.5 Å². The van der Waals surface area contributed by atoms with Gasteiger partial charge in [0.25, 0.3) is 10.2 Å². The Hall–Kier alpha value is -1.35. The van der Waals surface area contributed by atoms with E-state index < -0.39 is 10.2 Å². The van der Waals surface area contributed by atoms with Crippen molar-refractivity contribution in [3.8, 4) is 11.5 Å². The second kappa shape index (κ2) is 7.48. The van der Waals surface area contributed by atoms with Crippen LogP contribution in [0.3, 0.4) is 0 Å². The first-order valence-electron chi connectivity index (χ1n) is 7.46. The topological polar surface area (TPSA) is 77.1 Å². The van der Waals surface area contributed by atoms with Crippen molar-refractivity contribution in [2.24, 2.45) is 0 Å². The van der Waals surface area contributed by atoms with Gasteiger partial charge in [0.05, 0.1) is 26.4 Å². The number of ether oxygens (including phenoxy) is 3. The molecule has 0 aromatic heterocycles. The molecule has 1 aromatic rings. The maximum absolute atomic E-state index is 12.5. The van der Waals surface area contributed by atoms with Crippen molar-refractivity contribution >= 4 is 10.2 Å². The monoisotopic (exact) mass is 344 g/mol. The summed E-state index contributed by atoms with van der Waals surface area (Å²) in [7, 11) is -0.476. The molecule has 7 nitrogen and oxygen atoms in total. The predicted octanol–water partition coefficient (Wildman–Crippen LogP) is 1.15. The normalized spacial score (nSPS) is 22.8. The summed E-state index contributed by atoms with van der Waals surface area (Å²) in [5.41, 5.74) is 0.713. The molecular formula is C15H24N2O5S. The molecule has 0 aliphatic carbocycles. The Morgan fingerprint density at radius 2 is 1.87 bits per heavy atom. The summed E-state index contributed by atoms with van der Waals surface area (Å²) in [5.74, 6) is 1.26. The molecule has 0 amide bonds. The van der Waals surface area contributed by atoms with E-state index in [0.717, 1.165) is 0 Å². The first-order valence-corrected chi connectivity index (χ1v) is 8.91. The summed E-state index contributed by atoms with van der Waals surface area (Å²) in [5, 5.41) is 0. The van der Waals surface area contributed by atoms with Gasteiger partial charge in [-0.15, -0.1) is 0 Å². The highest BCUT2D eigenvalue weighted by molar-refractivity contribution is 7.87. The zero-order valence-corrected chi connectivity index (χ0v) is 14.7. The molecule has 2 rings (SSSR count). The van der Waals surface area contributed by atoms with E-state index in [1.807, 2.05) is 13.8 Å². The Bertz CT molecular complexity index is 625. The number of hydrogen-bond donors (Lipinski definition) is 1. The lowest BCUT2D eigenvalue weighted by molar-refractivity contribution is -0.0444. The largest absolute Gasteiger partial charge is 0.497 e. The molecule has 23 heavy (non-hydrogen) atoms. The highest BCUT2D eigenvalue weighted by Gasteiger charge is 2.30. The maximum Gasteiger partial charge on any atom is 0.279 e. The van der Waals surface area contributed by atoms with Crippen molar-refractivity contribution in [3.05, 3.63) is 23.8 Å². The molecule has 2 atom stereocenters. The van der Waals surface area contributed by atoms with Crippen LogP contribution in [0.5, 0.6) is 11.5 Å². The smallest absolute Gasteiger partial charge is 0.279 e. The Morgan fingerprint density at radius 1 is 1.22 bits per heavy atom. The van der Waals surface area contributed by atoms with Crippen LogP contribution in [0.25, 0.3) is 0 Å². The third kappa shape index (κ3) is 4.57. The zero-order chi connectivity index (χ0) is 17.0. The lowest BCUT2D eigenvalue weighted by Crippen LogP contribution is -2.51. The van der Waals surface area contributed by atoms with Gasteiger partial charge in [-0.05, 0) is 32.0 Å². The lowest BCUT2D eigenvalue weighted by atomic mass is 10.2. The molecule has 1 fully saturated rings. The van der Waals surface area contributed by atoms with Gasteiger partial charge >= 0.3 is 0 Å². The van der Waals surface area contributed by atoms with E-state index >= 15 is 0 Å². The van der Waals surface area contributed by atoms with E-state index in [9.17, 15) is 8.42 Å². The standard InChI is InChI=1S/C15H24N2O5S/c1-11-9-17(10-12(2)22-11)23(18,19)16-8-13-7-14(20-3)5-6-15(13)21-4/h5-7,11-12,16H,8-10H2,1-4H3/t11-,12+. The first kappa shape index (κ1) is 18.0. The van der Waals surface area contributed by atoms with Crippen molar-refractivity contribution in [2.75, 3.05) is 27.3 Å². The fraction of sp³-hybridized carbons (Fsp3) is 0.600. The van der Waals surface area contributed by atoms with Gasteiger partial charge in [0.2, 0.25) is 0 Å². The van der Waals surface area contributed by atoms with Gasteiger partial charge in [-0.3, -0.25) is 0 Å². The quantitative estimate of drug-likeness (QED) is 0.838. The molecular weight excluding hydrogens is 320 g/mol. The molecule has 1 aliphatic heterocycles. The van der Waals surface area contributed by atoms with Crippen molar-refractivity contribution in [2.45, 2.75) is 32.6 Å². The fourth-order valence-corrected chi connectivity index (χ4v) is 3.94. The van der Waals surface area contributed by atoms with Crippen LogP contribution in [0.1, 0.15) is 19.4 Å². The highest BCUT2D eigenvalue weighted by Crippen LogP contribution is 2.24. The van der Waals surface area contributed by atoms with Crippen molar-refractivity contribution < 1.29 is 22.6 Å². The minimum atomic E-state index is -3.58. The van der Waals surface area contributed by atoms with E-state index in [2.05, 4.69) is 4.72 Å². The molecule has 1 saturated heterocycles. The Balaban J connectivity index is 2.10. The van der Waals surface area contributed by atoms with Crippen molar-refractivity contribution in [3.63, 3.8) is 0 Å². The average molecular weight is 344 g/mol. The average Bonchev–Trinajstić information content (AvgIpc) is 2.51. The summed E-state index contributed by atoms with van der Waals surface area (Å²) in [6.07, 6.45) is -0.247. The minimum absolute atomic E-state index is 0.123. The molecule has 8 heteroatoms. The van der Waals surface area contributed by atoms with E-state index in [-0.39, 0.29) is 18.8 Å². The Labute approximate surface area is 137 Å². The van der Waals surface area contributed by atoms with E-state index in [1.54, 1.807) is 32.4 Å². The molecule has 0 spiro atoms. The summed E-state index contributed by atoms with van der Waals surface area (Å²) in [6.45, 7) is 4.54. The van der Waals surface area contributed by atoms with Gasteiger partial charge in [0, 0.05) is 25.2 Å². The number of morpholine rings is 1. The number of rotatable bonds is 6. The van der Waals surface area contributed by atoms with Crippen LogP contribution in [0.2, 0.25) is 0 Å². The second-order valence-electron chi connectivity index (χ2n) is 5.58. The molecule has 0 saturated carbocycles. The van der Waals surface area contributed by atoms with E-state index in [4.69, 9.17) is 14.2 Å². The zero-order valence-electron chi connectivity index (χ0n) is 13.9. The van der Waals surface area contributed by atoms with Gasteiger partial charge < -0.3 is 14.2 Å². The summed E-state index contributed by atoms with van der Waals surface area (Å²) in [4.78, 5) is 0.